The Hall–Kier alpha value is -2.68. The molecule has 0 aliphatic rings. The van der Waals surface area contributed by atoms with Gasteiger partial charge in [-0.25, -0.2) is 10.2 Å². The van der Waals surface area contributed by atoms with Crippen LogP contribution in [0, 0.1) is 5.92 Å². The first-order valence-electron chi connectivity index (χ1n) is 8.61. The van der Waals surface area contributed by atoms with Crippen molar-refractivity contribution < 1.29 is 0 Å². The Labute approximate surface area is 164 Å². The van der Waals surface area contributed by atoms with E-state index in [4.69, 9.17) is 0 Å². The number of anilines is 1. The number of H-pyrrole nitrogens is 1. The molecule has 0 radical (unpaired) electrons. The number of halogens is 1. The minimum atomic E-state index is -0.495. The van der Waals surface area contributed by atoms with Crippen LogP contribution in [0.15, 0.2) is 43.4 Å². The molecule has 8 nitrogen and oxygen atoms in total. The molecule has 0 unspecified atom stereocenters. The first kappa shape index (κ1) is 19.1. The van der Waals surface area contributed by atoms with Gasteiger partial charge in [-0.2, -0.15) is 10.1 Å². The van der Waals surface area contributed by atoms with E-state index in [2.05, 4.69) is 50.3 Å². The summed E-state index contributed by atoms with van der Waals surface area (Å²) in [5.74, 6) is 0.871. The summed E-state index contributed by atoms with van der Waals surface area (Å²) in [6.45, 7) is 4.80. The van der Waals surface area contributed by atoms with Gasteiger partial charge in [0.15, 0.2) is 11.2 Å². The van der Waals surface area contributed by atoms with Gasteiger partial charge in [0.05, 0.1) is 6.21 Å². The fourth-order valence-electron chi connectivity index (χ4n) is 2.68. The van der Waals surface area contributed by atoms with E-state index in [0.717, 1.165) is 16.5 Å². The average molecular weight is 433 g/mol. The maximum Gasteiger partial charge on any atom is 0.329 e. The number of benzene rings is 1. The standard InChI is InChI=1S/C18H21BrN6O2/c1-11(2)7-8-25-14-15(24(3)18(27)22-16(14)26)21-17(25)23-20-10-12-5-4-6-13(19)9-12/h4-6,9-11H,7-8H2,1-3H3,(H,21,23)(H,22,26,27)/b20-10+. The molecule has 1 aromatic carbocycles. The predicted octanol–water partition coefficient (Wildman–Crippen LogP) is 2.68. The van der Waals surface area contributed by atoms with Crippen LogP contribution in [-0.2, 0) is 13.6 Å². The molecule has 0 aliphatic carbocycles. The molecule has 0 saturated heterocycles. The maximum atomic E-state index is 12.4. The zero-order valence-corrected chi connectivity index (χ0v) is 16.9. The van der Waals surface area contributed by atoms with Crippen LogP contribution in [0.5, 0.6) is 0 Å². The van der Waals surface area contributed by atoms with Crippen molar-refractivity contribution in [2.24, 2.45) is 18.1 Å². The summed E-state index contributed by atoms with van der Waals surface area (Å²) in [7, 11) is 1.58. The lowest BCUT2D eigenvalue weighted by molar-refractivity contribution is 0.524. The molecule has 2 heterocycles. The first-order chi connectivity index (χ1) is 12.9. The SMILES string of the molecule is CC(C)CCn1c(N/N=C/c2cccc(Br)c2)nc2c1c(=O)[nH]c(=O)n2C. The molecular weight excluding hydrogens is 412 g/mol. The van der Waals surface area contributed by atoms with Gasteiger partial charge in [0.1, 0.15) is 0 Å². The van der Waals surface area contributed by atoms with Crippen molar-refractivity contribution in [1.82, 2.24) is 19.1 Å². The second-order valence-electron chi connectivity index (χ2n) is 6.69. The van der Waals surface area contributed by atoms with Crippen LogP contribution in [0.1, 0.15) is 25.8 Å². The number of nitrogens with one attached hydrogen (secondary N) is 2. The van der Waals surface area contributed by atoms with E-state index < -0.39 is 11.2 Å². The highest BCUT2D eigenvalue weighted by molar-refractivity contribution is 9.10. The van der Waals surface area contributed by atoms with Crippen LogP contribution >= 0.6 is 15.9 Å². The Kier molecular flexibility index (Phi) is 5.59. The van der Waals surface area contributed by atoms with E-state index in [1.54, 1.807) is 17.8 Å². The zero-order valence-electron chi connectivity index (χ0n) is 15.4. The van der Waals surface area contributed by atoms with Gasteiger partial charge >= 0.3 is 5.69 Å². The fraction of sp³-hybridized carbons (Fsp3) is 0.333. The van der Waals surface area contributed by atoms with E-state index >= 15 is 0 Å². The van der Waals surface area contributed by atoms with Gasteiger partial charge in [-0.3, -0.25) is 14.3 Å². The molecule has 0 fully saturated rings. The van der Waals surface area contributed by atoms with E-state index in [1.807, 2.05) is 24.3 Å². The summed E-state index contributed by atoms with van der Waals surface area (Å²) in [5.41, 5.74) is 3.56. The Balaban J connectivity index is 2.01. The van der Waals surface area contributed by atoms with E-state index in [1.165, 1.54) is 4.57 Å². The van der Waals surface area contributed by atoms with Crippen LogP contribution in [0.2, 0.25) is 0 Å². The summed E-state index contributed by atoms with van der Waals surface area (Å²) < 4.78 is 4.05. The fourth-order valence-corrected chi connectivity index (χ4v) is 3.09. The molecule has 2 aromatic heterocycles. The third-order valence-corrected chi connectivity index (χ3v) is 4.66. The van der Waals surface area contributed by atoms with Crippen molar-refractivity contribution >= 4 is 39.3 Å². The van der Waals surface area contributed by atoms with Crippen LogP contribution in [0.4, 0.5) is 5.95 Å². The summed E-state index contributed by atoms with van der Waals surface area (Å²) in [6, 6.07) is 7.70. The minimum Gasteiger partial charge on any atom is -0.303 e. The molecule has 0 atom stereocenters. The summed E-state index contributed by atoms with van der Waals surface area (Å²) in [4.78, 5) is 31.0. The van der Waals surface area contributed by atoms with Crippen LogP contribution in [0.25, 0.3) is 11.2 Å². The number of aryl methyl sites for hydroxylation is 2. The lowest BCUT2D eigenvalue weighted by Gasteiger charge is -2.09. The molecular formula is C18H21BrN6O2. The number of aromatic nitrogens is 4. The van der Waals surface area contributed by atoms with Gasteiger partial charge in [-0.15, -0.1) is 0 Å². The third kappa shape index (κ3) is 4.19. The second-order valence-corrected chi connectivity index (χ2v) is 7.60. The normalized spacial score (nSPS) is 11.7. The van der Waals surface area contributed by atoms with Gasteiger partial charge in [0, 0.05) is 18.1 Å². The highest BCUT2D eigenvalue weighted by Crippen LogP contribution is 2.17. The lowest BCUT2D eigenvalue weighted by Crippen LogP contribution is -2.29. The smallest absolute Gasteiger partial charge is 0.303 e. The summed E-state index contributed by atoms with van der Waals surface area (Å²) >= 11 is 3.42. The predicted molar refractivity (Wildman–Crippen MR) is 110 cm³/mol. The largest absolute Gasteiger partial charge is 0.329 e. The zero-order chi connectivity index (χ0) is 19.6. The number of hydrogen-bond acceptors (Lipinski definition) is 5. The summed E-state index contributed by atoms with van der Waals surface area (Å²) in [5, 5.41) is 4.24. The van der Waals surface area contributed by atoms with Gasteiger partial charge in [0.25, 0.3) is 5.56 Å². The number of aromatic amines is 1. The summed E-state index contributed by atoms with van der Waals surface area (Å²) in [6.07, 6.45) is 2.53. The Morgan fingerprint density at radius 1 is 1.37 bits per heavy atom. The quantitative estimate of drug-likeness (QED) is 0.462. The van der Waals surface area contributed by atoms with Crippen molar-refractivity contribution in [3.05, 3.63) is 55.1 Å². The molecule has 142 valence electrons. The monoisotopic (exact) mass is 432 g/mol. The second kappa shape index (κ2) is 7.91. The topological polar surface area (TPSA) is 97.1 Å². The van der Waals surface area contributed by atoms with E-state index in [0.29, 0.717) is 29.6 Å². The van der Waals surface area contributed by atoms with Crippen LogP contribution < -0.4 is 16.7 Å². The number of rotatable bonds is 6. The van der Waals surface area contributed by atoms with E-state index in [-0.39, 0.29) is 0 Å². The molecule has 0 aliphatic heterocycles. The molecule has 9 heteroatoms. The van der Waals surface area contributed by atoms with Crippen LogP contribution in [0.3, 0.4) is 0 Å². The molecule has 3 aromatic rings. The molecule has 3 rings (SSSR count). The third-order valence-electron chi connectivity index (χ3n) is 4.16. The van der Waals surface area contributed by atoms with Crippen molar-refractivity contribution in [2.75, 3.05) is 5.43 Å². The van der Waals surface area contributed by atoms with Gasteiger partial charge in [0.2, 0.25) is 5.95 Å². The minimum absolute atomic E-state index is 0.327. The first-order valence-corrected chi connectivity index (χ1v) is 9.40. The van der Waals surface area contributed by atoms with Gasteiger partial charge in [-0.05, 0) is 30.0 Å². The maximum absolute atomic E-state index is 12.4. The number of hydrazone groups is 1. The Bertz CT molecular complexity index is 1110. The Morgan fingerprint density at radius 2 is 2.15 bits per heavy atom. The highest BCUT2D eigenvalue weighted by Gasteiger charge is 2.17. The molecule has 0 spiro atoms. The van der Waals surface area contributed by atoms with Crippen molar-refractivity contribution in [3.8, 4) is 0 Å². The van der Waals surface area contributed by atoms with Gasteiger partial charge < -0.3 is 4.57 Å². The highest BCUT2D eigenvalue weighted by atomic mass is 79.9. The number of fused-ring (bicyclic) bond motifs is 1. The van der Waals surface area contributed by atoms with E-state index in [9.17, 15) is 9.59 Å². The molecule has 2 N–H and O–H groups in total. The average Bonchev–Trinajstić information content (AvgIpc) is 2.97. The molecule has 0 bridgehead atoms. The number of hydrogen-bond donors (Lipinski definition) is 2. The van der Waals surface area contributed by atoms with Crippen molar-refractivity contribution in [2.45, 2.75) is 26.8 Å². The van der Waals surface area contributed by atoms with Crippen LogP contribution in [-0.4, -0.2) is 25.3 Å². The molecule has 0 amide bonds. The Morgan fingerprint density at radius 3 is 2.85 bits per heavy atom. The molecule has 27 heavy (non-hydrogen) atoms. The lowest BCUT2D eigenvalue weighted by atomic mass is 10.1. The van der Waals surface area contributed by atoms with Crippen molar-refractivity contribution in [3.63, 3.8) is 0 Å². The number of nitrogens with zero attached hydrogens (tertiary/aromatic N) is 4. The van der Waals surface area contributed by atoms with Crippen molar-refractivity contribution in [1.29, 1.82) is 0 Å². The van der Waals surface area contributed by atoms with Gasteiger partial charge in [-0.1, -0.05) is 41.9 Å². The molecule has 0 saturated carbocycles. The number of imidazole rings is 1.